The molecular formula is C11H19N3O. The number of aromatic nitrogens is 2. The van der Waals surface area contributed by atoms with Gasteiger partial charge in [-0.2, -0.15) is 5.10 Å². The Morgan fingerprint density at radius 2 is 2.40 bits per heavy atom. The molecule has 0 radical (unpaired) electrons. The lowest BCUT2D eigenvalue weighted by Gasteiger charge is -2.24. The molecule has 4 heteroatoms. The van der Waals surface area contributed by atoms with E-state index in [-0.39, 0.29) is 5.54 Å². The molecule has 84 valence electrons. The van der Waals surface area contributed by atoms with Crippen LogP contribution in [0.2, 0.25) is 0 Å². The van der Waals surface area contributed by atoms with Crippen LogP contribution >= 0.6 is 0 Å². The van der Waals surface area contributed by atoms with E-state index in [1.54, 1.807) is 18.0 Å². The van der Waals surface area contributed by atoms with E-state index in [0.29, 0.717) is 6.61 Å². The van der Waals surface area contributed by atoms with Gasteiger partial charge in [0.15, 0.2) is 0 Å². The smallest absolute Gasteiger partial charge is 0.0639 e. The normalized spacial score (nSPS) is 11.7. The van der Waals surface area contributed by atoms with Gasteiger partial charge in [-0.15, -0.1) is 0 Å². The Labute approximate surface area is 90.9 Å². The molecule has 1 aromatic rings. The van der Waals surface area contributed by atoms with Gasteiger partial charge in [-0.25, -0.2) is 4.68 Å². The number of methoxy groups -OCH3 is 1. The summed E-state index contributed by atoms with van der Waals surface area (Å²) in [5, 5.41) is 7.51. The van der Waals surface area contributed by atoms with Crippen molar-refractivity contribution < 1.29 is 4.74 Å². The highest BCUT2D eigenvalue weighted by Gasteiger charge is 2.16. The van der Waals surface area contributed by atoms with Gasteiger partial charge >= 0.3 is 0 Å². The lowest BCUT2D eigenvalue weighted by atomic mass is 10.1. The van der Waals surface area contributed by atoms with Crippen LogP contribution in [-0.2, 0) is 11.3 Å². The minimum absolute atomic E-state index is 0.0228. The fourth-order valence-electron chi connectivity index (χ4n) is 1.32. The lowest BCUT2D eigenvalue weighted by Crippen LogP contribution is -2.42. The van der Waals surface area contributed by atoms with Crippen molar-refractivity contribution in [3.8, 4) is 0 Å². The molecule has 0 unspecified atom stereocenters. The predicted molar refractivity (Wildman–Crippen MR) is 61.4 cm³/mol. The van der Waals surface area contributed by atoms with E-state index in [9.17, 15) is 0 Å². The van der Waals surface area contributed by atoms with E-state index < -0.39 is 0 Å². The van der Waals surface area contributed by atoms with E-state index in [1.165, 1.54) is 0 Å². The summed E-state index contributed by atoms with van der Waals surface area (Å²) in [6.07, 6.45) is 5.45. The van der Waals surface area contributed by atoms with Crippen molar-refractivity contribution >= 4 is 6.20 Å². The van der Waals surface area contributed by atoms with E-state index in [1.807, 2.05) is 12.4 Å². The first-order chi connectivity index (χ1) is 7.07. The van der Waals surface area contributed by atoms with Crippen LogP contribution in [0.3, 0.4) is 0 Å². The molecule has 1 aromatic heterocycles. The molecule has 1 N–H and O–H groups in total. The molecule has 1 rings (SSSR count). The van der Waals surface area contributed by atoms with Gasteiger partial charge < -0.3 is 10.1 Å². The molecule has 0 fully saturated rings. The Kier molecular flexibility index (Phi) is 4.05. The Bertz CT molecular complexity index is 317. The number of nitrogens with zero attached hydrogens (tertiary/aromatic N) is 2. The molecule has 0 atom stereocenters. The highest BCUT2D eigenvalue weighted by molar-refractivity contribution is 5.17. The maximum atomic E-state index is 5.12. The van der Waals surface area contributed by atoms with Gasteiger partial charge in [0.1, 0.15) is 0 Å². The molecule has 0 aliphatic rings. The third-order valence-corrected chi connectivity index (χ3v) is 2.12. The fraction of sp³-hybridized carbons (Fsp3) is 0.545. The average Bonchev–Trinajstić information content (AvgIpc) is 2.62. The van der Waals surface area contributed by atoms with Crippen LogP contribution in [-0.4, -0.2) is 29.0 Å². The zero-order chi connectivity index (χ0) is 11.3. The lowest BCUT2D eigenvalue weighted by molar-refractivity contribution is 0.128. The second-order valence-corrected chi connectivity index (χ2v) is 4.18. The summed E-state index contributed by atoms with van der Waals surface area (Å²) in [6.45, 7) is 9.32. The maximum Gasteiger partial charge on any atom is 0.0639 e. The summed E-state index contributed by atoms with van der Waals surface area (Å²) in [6, 6.07) is 0. The predicted octanol–water partition coefficient (Wildman–Crippen LogP) is 1.50. The van der Waals surface area contributed by atoms with Crippen LogP contribution < -0.4 is 5.32 Å². The minimum Gasteiger partial charge on any atom is -0.383 e. The summed E-state index contributed by atoms with van der Waals surface area (Å²) in [4.78, 5) is 0. The molecule has 0 saturated carbocycles. The van der Waals surface area contributed by atoms with Gasteiger partial charge in [0, 0.05) is 37.2 Å². The van der Waals surface area contributed by atoms with Crippen LogP contribution in [0.4, 0.5) is 0 Å². The maximum absolute atomic E-state index is 5.12. The number of hydrogen-bond acceptors (Lipinski definition) is 3. The SMILES string of the molecule is C=Cn1cc(CNC(C)(C)COC)cn1. The third kappa shape index (κ3) is 3.85. The van der Waals surface area contributed by atoms with Crippen LogP contribution in [0.1, 0.15) is 19.4 Å². The molecule has 0 bridgehead atoms. The number of nitrogens with one attached hydrogen (secondary N) is 1. The van der Waals surface area contributed by atoms with Crippen molar-refractivity contribution in [1.29, 1.82) is 0 Å². The Morgan fingerprint density at radius 1 is 1.67 bits per heavy atom. The van der Waals surface area contributed by atoms with Crippen LogP contribution in [0.5, 0.6) is 0 Å². The van der Waals surface area contributed by atoms with Crippen molar-refractivity contribution in [2.24, 2.45) is 0 Å². The van der Waals surface area contributed by atoms with Crippen molar-refractivity contribution in [2.75, 3.05) is 13.7 Å². The molecule has 0 amide bonds. The average molecular weight is 209 g/mol. The van der Waals surface area contributed by atoms with Crippen molar-refractivity contribution in [2.45, 2.75) is 25.9 Å². The van der Waals surface area contributed by atoms with Crippen LogP contribution in [0.15, 0.2) is 19.0 Å². The first-order valence-corrected chi connectivity index (χ1v) is 4.97. The van der Waals surface area contributed by atoms with Crippen LogP contribution in [0, 0.1) is 0 Å². The van der Waals surface area contributed by atoms with Gasteiger partial charge in [0.25, 0.3) is 0 Å². The first-order valence-electron chi connectivity index (χ1n) is 4.97. The zero-order valence-electron chi connectivity index (χ0n) is 9.66. The van der Waals surface area contributed by atoms with Crippen molar-refractivity contribution in [1.82, 2.24) is 15.1 Å². The summed E-state index contributed by atoms with van der Waals surface area (Å²) < 4.78 is 6.82. The summed E-state index contributed by atoms with van der Waals surface area (Å²) >= 11 is 0. The van der Waals surface area contributed by atoms with Gasteiger partial charge in [-0.3, -0.25) is 0 Å². The Hall–Kier alpha value is -1.13. The van der Waals surface area contributed by atoms with Crippen LogP contribution in [0.25, 0.3) is 6.20 Å². The quantitative estimate of drug-likeness (QED) is 0.771. The summed E-state index contributed by atoms with van der Waals surface area (Å²) in [5.74, 6) is 0. The molecule has 0 aliphatic heterocycles. The Balaban J connectivity index is 2.45. The molecule has 0 aliphatic carbocycles. The number of ether oxygens (including phenoxy) is 1. The largest absolute Gasteiger partial charge is 0.383 e. The molecular weight excluding hydrogens is 190 g/mol. The van der Waals surface area contributed by atoms with Crippen molar-refractivity contribution in [3.63, 3.8) is 0 Å². The second-order valence-electron chi connectivity index (χ2n) is 4.18. The van der Waals surface area contributed by atoms with Gasteiger partial charge in [-0.1, -0.05) is 6.58 Å². The third-order valence-electron chi connectivity index (χ3n) is 2.12. The van der Waals surface area contributed by atoms with Crippen molar-refractivity contribution in [3.05, 3.63) is 24.5 Å². The van der Waals surface area contributed by atoms with E-state index in [0.717, 1.165) is 12.1 Å². The highest BCUT2D eigenvalue weighted by Crippen LogP contribution is 2.05. The number of rotatable bonds is 6. The molecule has 15 heavy (non-hydrogen) atoms. The highest BCUT2D eigenvalue weighted by atomic mass is 16.5. The second kappa shape index (κ2) is 5.09. The van der Waals surface area contributed by atoms with E-state index in [4.69, 9.17) is 4.74 Å². The molecule has 0 saturated heterocycles. The molecule has 1 heterocycles. The Morgan fingerprint density at radius 3 is 2.93 bits per heavy atom. The van der Waals surface area contributed by atoms with Gasteiger partial charge in [0.2, 0.25) is 0 Å². The topological polar surface area (TPSA) is 39.1 Å². The standard InChI is InChI=1S/C11H19N3O/c1-5-14-8-10(7-13-14)6-12-11(2,3)9-15-4/h5,7-8,12H,1,6,9H2,2-4H3. The molecule has 4 nitrogen and oxygen atoms in total. The van der Waals surface area contributed by atoms with Gasteiger partial charge in [-0.05, 0) is 13.8 Å². The van der Waals surface area contributed by atoms with Gasteiger partial charge in [0.05, 0.1) is 12.8 Å². The fourth-order valence-corrected chi connectivity index (χ4v) is 1.32. The van der Waals surface area contributed by atoms with E-state index in [2.05, 4.69) is 30.8 Å². The molecule has 0 spiro atoms. The minimum atomic E-state index is -0.0228. The zero-order valence-corrected chi connectivity index (χ0v) is 9.66. The monoisotopic (exact) mass is 209 g/mol. The summed E-state index contributed by atoms with van der Waals surface area (Å²) in [5.41, 5.74) is 1.12. The first kappa shape index (κ1) is 11.9. The molecule has 0 aromatic carbocycles. The summed E-state index contributed by atoms with van der Waals surface area (Å²) in [7, 11) is 1.71. The van der Waals surface area contributed by atoms with E-state index >= 15 is 0 Å². The number of hydrogen-bond donors (Lipinski definition) is 1.